The van der Waals surface area contributed by atoms with Crippen molar-refractivity contribution in [2.45, 2.75) is 6.92 Å². The number of nitrogen functional groups attached to an aromatic ring is 1. The van der Waals surface area contributed by atoms with E-state index < -0.39 is 5.91 Å². The highest BCUT2D eigenvalue weighted by atomic mass is 16.2. The molecule has 0 heterocycles. The van der Waals surface area contributed by atoms with E-state index in [4.69, 9.17) is 5.73 Å². The van der Waals surface area contributed by atoms with E-state index in [2.05, 4.69) is 5.32 Å². The van der Waals surface area contributed by atoms with Gasteiger partial charge in [-0.1, -0.05) is 0 Å². The summed E-state index contributed by atoms with van der Waals surface area (Å²) >= 11 is 0. The summed E-state index contributed by atoms with van der Waals surface area (Å²) in [5, 5.41) is 2.16. The Kier molecular flexibility index (Phi) is 2.64. The van der Waals surface area contributed by atoms with Gasteiger partial charge in [0, 0.05) is 18.2 Å². The molecule has 1 rings (SSSR count). The van der Waals surface area contributed by atoms with Crippen molar-refractivity contribution in [2.75, 3.05) is 5.73 Å². The Hall–Kier alpha value is -1.84. The van der Waals surface area contributed by atoms with Crippen LogP contribution in [0.5, 0.6) is 0 Å². The molecular weight excluding hydrogens is 168 g/mol. The lowest BCUT2D eigenvalue weighted by Crippen LogP contribution is -2.27. The number of hydrogen-bond donors (Lipinski definition) is 2. The normalized spacial score (nSPS) is 9.31. The summed E-state index contributed by atoms with van der Waals surface area (Å²) in [5.41, 5.74) is 6.43. The topological polar surface area (TPSA) is 72.2 Å². The zero-order valence-electron chi connectivity index (χ0n) is 7.20. The van der Waals surface area contributed by atoms with Crippen LogP contribution in [0.1, 0.15) is 17.3 Å². The first-order chi connectivity index (χ1) is 6.09. The maximum Gasteiger partial charge on any atom is 0.257 e. The van der Waals surface area contributed by atoms with Gasteiger partial charge in [-0.2, -0.15) is 0 Å². The van der Waals surface area contributed by atoms with Crippen molar-refractivity contribution in [3.05, 3.63) is 29.8 Å². The number of rotatable bonds is 1. The molecule has 0 atom stereocenters. The highest BCUT2D eigenvalue weighted by molar-refractivity contribution is 6.04. The Balaban J connectivity index is 2.78. The fraction of sp³-hybridized carbons (Fsp3) is 0.111. The van der Waals surface area contributed by atoms with Crippen LogP contribution in [0.25, 0.3) is 0 Å². The average molecular weight is 178 g/mol. The van der Waals surface area contributed by atoms with E-state index in [9.17, 15) is 9.59 Å². The highest BCUT2D eigenvalue weighted by Gasteiger charge is 2.05. The monoisotopic (exact) mass is 178 g/mol. The third-order valence-electron chi connectivity index (χ3n) is 1.46. The van der Waals surface area contributed by atoms with Gasteiger partial charge in [0.2, 0.25) is 5.91 Å². The molecule has 0 aromatic heterocycles. The van der Waals surface area contributed by atoms with E-state index in [1.54, 1.807) is 24.3 Å². The number of amides is 2. The summed E-state index contributed by atoms with van der Waals surface area (Å²) < 4.78 is 0. The van der Waals surface area contributed by atoms with E-state index in [0.29, 0.717) is 11.3 Å². The number of carbonyl (C=O) groups is 2. The van der Waals surface area contributed by atoms with Crippen molar-refractivity contribution in [2.24, 2.45) is 0 Å². The van der Waals surface area contributed by atoms with Crippen molar-refractivity contribution in [3.8, 4) is 0 Å². The average Bonchev–Trinajstić information content (AvgIpc) is 2.04. The van der Waals surface area contributed by atoms with Gasteiger partial charge < -0.3 is 5.73 Å². The van der Waals surface area contributed by atoms with E-state index in [-0.39, 0.29) is 5.91 Å². The second-order valence-corrected chi connectivity index (χ2v) is 2.63. The van der Waals surface area contributed by atoms with Gasteiger partial charge in [-0.25, -0.2) is 0 Å². The molecule has 13 heavy (non-hydrogen) atoms. The van der Waals surface area contributed by atoms with Crippen molar-refractivity contribution in [3.63, 3.8) is 0 Å². The first kappa shape index (κ1) is 9.25. The molecule has 0 radical (unpaired) electrons. The van der Waals surface area contributed by atoms with Crippen molar-refractivity contribution >= 4 is 17.5 Å². The third-order valence-corrected chi connectivity index (χ3v) is 1.46. The zero-order chi connectivity index (χ0) is 9.84. The van der Waals surface area contributed by atoms with Crippen LogP contribution in [0.15, 0.2) is 24.3 Å². The lowest BCUT2D eigenvalue weighted by molar-refractivity contribution is -0.118. The van der Waals surface area contributed by atoms with Crippen LogP contribution >= 0.6 is 0 Å². The maximum absolute atomic E-state index is 11.2. The molecular formula is C9H10N2O2. The fourth-order valence-electron chi connectivity index (χ4n) is 0.867. The fourth-order valence-corrected chi connectivity index (χ4v) is 0.867. The third kappa shape index (κ3) is 2.59. The van der Waals surface area contributed by atoms with Gasteiger partial charge in [-0.3, -0.25) is 14.9 Å². The van der Waals surface area contributed by atoms with Gasteiger partial charge in [0.25, 0.3) is 5.91 Å². The van der Waals surface area contributed by atoms with Gasteiger partial charge in [-0.15, -0.1) is 0 Å². The molecule has 3 N–H and O–H groups in total. The van der Waals surface area contributed by atoms with Crippen LogP contribution in [0.2, 0.25) is 0 Å². The predicted molar refractivity (Wildman–Crippen MR) is 49.0 cm³/mol. The predicted octanol–water partition coefficient (Wildman–Crippen LogP) is 0.545. The molecule has 0 saturated carbocycles. The molecule has 0 aliphatic rings. The molecule has 2 amide bonds. The van der Waals surface area contributed by atoms with Gasteiger partial charge >= 0.3 is 0 Å². The summed E-state index contributed by atoms with van der Waals surface area (Å²) in [6, 6.07) is 6.34. The zero-order valence-corrected chi connectivity index (χ0v) is 7.20. The number of carbonyl (C=O) groups excluding carboxylic acids is 2. The molecule has 1 aromatic carbocycles. The summed E-state index contributed by atoms with van der Waals surface area (Å²) in [5.74, 6) is -0.783. The number of benzene rings is 1. The first-order valence-electron chi connectivity index (χ1n) is 3.77. The van der Waals surface area contributed by atoms with Gasteiger partial charge in [0.1, 0.15) is 0 Å². The Bertz CT molecular complexity index is 330. The summed E-state index contributed by atoms with van der Waals surface area (Å²) in [6.07, 6.45) is 0. The van der Waals surface area contributed by atoms with Gasteiger partial charge in [0.05, 0.1) is 0 Å². The second-order valence-electron chi connectivity index (χ2n) is 2.63. The minimum absolute atomic E-state index is 0.373. The van der Waals surface area contributed by atoms with Crippen molar-refractivity contribution in [1.29, 1.82) is 0 Å². The molecule has 0 unspecified atom stereocenters. The molecule has 0 spiro atoms. The number of anilines is 1. The Labute approximate surface area is 75.7 Å². The SMILES string of the molecule is CC(=O)NC(=O)c1ccc(N)cc1. The van der Waals surface area contributed by atoms with Crippen LogP contribution in [0, 0.1) is 0 Å². The molecule has 0 aliphatic heterocycles. The standard InChI is InChI=1S/C9H10N2O2/c1-6(12)11-9(13)7-2-4-8(10)5-3-7/h2-5H,10H2,1H3,(H,11,12,13). The minimum Gasteiger partial charge on any atom is -0.399 e. The van der Waals surface area contributed by atoms with Crippen LogP contribution in [0.4, 0.5) is 5.69 Å². The smallest absolute Gasteiger partial charge is 0.257 e. The van der Waals surface area contributed by atoms with Crippen molar-refractivity contribution < 1.29 is 9.59 Å². The first-order valence-corrected chi connectivity index (χ1v) is 3.77. The summed E-state index contributed by atoms with van der Waals surface area (Å²) in [6.45, 7) is 1.29. The van der Waals surface area contributed by atoms with Crippen LogP contribution in [0.3, 0.4) is 0 Å². The lowest BCUT2D eigenvalue weighted by Gasteiger charge is -2.00. The molecule has 0 saturated heterocycles. The Morgan fingerprint density at radius 3 is 2.23 bits per heavy atom. The molecule has 1 aromatic rings. The number of hydrogen-bond acceptors (Lipinski definition) is 3. The van der Waals surface area contributed by atoms with E-state index in [0.717, 1.165) is 0 Å². The molecule has 68 valence electrons. The summed E-state index contributed by atoms with van der Waals surface area (Å²) in [4.78, 5) is 21.7. The van der Waals surface area contributed by atoms with Gasteiger partial charge in [0.15, 0.2) is 0 Å². The molecule has 0 aliphatic carbocycles. The molecule has 4 heteroatoms. The maximum atomic E-state index is 11.2. The van der Waals surface area contributed by atoms with E-state index in [1.165, 1.54) is 6.92 Å². The summed E-state index contributed by atoms with van der Waals surface area (Å²) in [7, 11) is 0. The van der Waals surface area contributed by atoms with Crippen molar-refractivity contribution in [1.82, 2.24) is 5.32 Å². The van der Waals surface area contributed by atoms with E-state index >= 15 is 0 Å². The Morgan fingerprint density at radius 1 is 1.23 bits per heavy atom. The van der Waals surface area contributed by atoms with E-state index in [1.807, 2.05) is 0 Å². The minimum atomic E-state index is -0.410. The number of nitrogens with two attached hydrogens (primary N) is 1. The van der Waals surface area contributed by atoms with Crippen LogP contribution in [-0.2, 0) is 4.79 Å². The van der Waals surface area contributed by atoms with Crippen LogP contribution < -0.4 is 11.1 Å². The second kappa shape index (κ2) is 3.71. The number of nitrogens with one attached hydrogen (secondary N) is 1. The van der Waals surface area contributed by atoms with Crippen LogP contribution in [-0.4, -0.2) is 11.8 Å². The van der Waals surface area contributed by atoms with Gasteiger partial charge in [-0.05, 0) is 24.3 Å². The number of imide groups is 1. The molecule has 0 bridgehead atoms. The molecule has 4 nitrogen and oxygen atoms in total. The highest BCUT2D eigenvalue weighted by Crippen LogP contribution is 2.04. The largest absolute Gasteiger partial charge is 0.399 e. The Morgan fingerprint density at radius 2 is 1.77 bits per heavy atom. The quantitative estimate of drug-likeness (QED) is 0.616. The molecule has 0 fully saturated rings. The lowest BCUT2D eigenvalue weighted by atomic mass is 10.2.